The Kier molecular flexibility index (Phi) is 7.48. The first-order valence-electron chi connectivity index (χ1n) is 11.3. The molecule has 0 atom stereocenters. The predicted molar refractivity (Wildman–Crippen MR) is 138 cm³/mol. The summed E-state index contributed by atoms with van der Waals surface area (Å²) in [4.78, 5) is 18.4. The number of nitrogens with two attached hydrogens (primary N) is 1. The van der Waals surface area contributed by atoms with Gasteiger partial charge in [0.25, 0.3) is 5.91 Å². The average molecular weight is 483 g/mol. The van der Waals surface area contributed by atoms with Crippen LogP contribution < -0.4 is 11.1 Å². The van der Waals surface area contributed by atoms with Crippen LogP contribution in [0.5, 0.6) is 0 Å². The molecule has 3 N–H and O–H groups in total. The highest BCUT2D eigenvalue weighted by Crippen LogP contribution is 2.30. The van der Waals surface area contributed by atoms with Gasteiger partial charge in [0.2, 0.25) is 0 Å². The molecule has 0 fully saturated rings. The van der Waals surface area contributed by atoms with E-state index in [0.29, 0.717) is 47.1 Å². The number of benzene rings is 2. The number of nitrogens with zero attached hydrogens (tertiary/aromatic N) is 4. The van der Waals surface area contributed by atoms with Crippen molar-refractivity contribution in [2.24, 2.45) is 0 Å². The average Bonchev–Trinajstić information content (AvgIpc) is 3.19. The summed E-state index contributed by atoms with van der Waals surface area (Å²) < 4.78 is 1.58. The largest absolute Gasteiger partial charge is 0.382 e. The van der Waals surface area contributed by atoms with Gasteiger partial charge >= 0.3 is 0 Å². The van der Waals surface area contributed by atoms with E-state index >= 15 is 0 Å². The van der Waals surface area contributed by atoms with Gasteiger partial charge in [-0.3, -0.25) is 4.79 Å². The van der Waals surface area contributed by atoms with Crippen molar-refractivity contribution in [1.29, 1.82) is 5.26 Å². The molecule has 0 bridgehead atoms. The smallest absolute Gasteiger partial charge is 0.254 e. The van der Waals surface area contributed by atoms with Gasteiger partial charge in [0.05, 0.1) is 16.9 Å². The molecule has 0 unspecified atom stereocenters. The van der Waals surface area contributed by atoms with E-state index < -0.39 is 0 Å². The number of aryl methyl sites for hydroxylation is 3. The standard InChI is InChI=1S/C27H26N6OS/c1-18-12-13-21(16-19(18)2)35-27-22(10-6-15-31-27)26(34)30-14-7-11-24-23(17-28)25(29)33(32-24)20-8-4-3-5-9-20/h3-6,8-10,12-13,15-16H,7,11,14,29H2,1-2H3,(H,30,34). The molecule has 2 aromatic carbocycles. The minimum atomic E-state index is -0.181. The van der Waals surface area contributed by atoms with E-state index in [2.05, 4.69) is 47.4 Å². The lowest BCUT2D eigenvalue weighted by atomic mass is 10.1. The van der Waals surface area contributed by atoms with Gasteiger partial charge in [-0.25, -0.2) is 9.67 Å². The number of hydrogen-bond donors (Lipinski definition) is 2. The van der Waals surface area contributed by atoms with Crippen molar-refractivity contribution in [2.45, 2.75) is 36.6 Å². The van der Waals surface area contributed by atoms with Gasteiger partial charge in [0, 0.05) is 17.6 Å². The van der Waals surface area contributed by atoms with Gasteiger partial charge in [-0.05, 0) is 74.2 Å². The molecular formula is C27H26N6OS. The summed E-state index contributed by atoms with van der Waals surface area (Å²) in [6.45, 7) is 4.58. The van der Waals surface area contributed by atoms with Crippen molar-refractivity contribution >= 4 is 23.5 Å². The highest BCUT2D eigenvalue weighted by atomic mass is 32.2. The predicted octanol–water partition coefficient (Wildman–Crippen LogP) is 4.85. The Morgan fingerprint density at radius 1 is 1.11 bits per heavy atom. The Morgan fingerprint density at radius 3 is 2.66 bits per heavy atom. The topological polar surface area (TPSA) is 110 Å². The lowest BCUT2D eigenvalue weighted by Gasteiger charge is -2.10. The lowest BCUT2D eigenvalue weighted by Crippen LogP contribution is -2.25. The number of hydrogen-bond acceptors (Lipinski definition) is 6. The summed E-state index contributed by atoms with van der Waals surface area (Å²) in [6, 6.07) is 21.4. The SMILES string of the molecule is Cc1ccc(Sc2ncccc2C(=O)NCCCc2nn(-c3ccccc3)c(N)c2C#N)cc1C. The fourth-order valence-electron chi connectivity index (χ4n) is 3.63. The maximum Gasteiger partial charge on any atom is 0.254 e. The number of amides is 1. The molecular weight excluding hydrogens is 456 g/mol. The Bertz CT molecular complexity index is 1390. The molecule has 0 aliphatic rings. The normalized spacial score (nSPS) is 10.7. The van der Waals surface area contributed by atoms with Crippen LogP contribution in [0.25, 0.3) is 5.69 Å². The number of rotatable bonds is 8. The molecule has 7 nitrogen and oxygen atoms in total. The molecule has 35 heavy (non-hydrogen) atoms. The second kappa shape index (κ2) is 10.9. The Hall–Kier alpha value is -4.09. The van der Waals surface area contributed by atoms with Crippen LogP contribution in [0.4, 0.5) is 5.82 Å². The Morgan fingerprint density at radius 2 is 1.91 bits per heavy atom. The molecule has 0 saturated carbocycles. The third-order valence-electron chi connectivity index (χ3n) is 5.69. The van der Waals surface area contributed by atoms with Crippen molar-refractivity contribution in [3.8, 4) is 11.8 Å². The van der Waals surface area contributed by atoms with Gasteiger partial charge < -0.3 is 11.1 Å². The highest BCUT2D eigenvalue weighted by molar-refractivity contribution is 7.99. The van der Waals surface area contributed by atoms with Gasteiger partial charge in [0.15, 0.2) is 0 Å². The molecule has 1 amide bonds. The molecule has 2 aromatic heterocycles. The van der Waals surface area contributed by atoms with Crippen molar-refractivity contribution in [1.82, 2.24) is 20.1 Å². The number of nitriles is 1. The molecule has 8 heteroatoms. The van der Waals surface area contributed by atoms with Gasteiger partial charge in [-0.1, -0.05) is 36.0 Å². The molecule has 0 radical (unpaired) electrons. The van der Waals surface area contributed by atoms with E-state index in [0.717, 1.165) is 10.6 Å². The van der Waals surface area contributed by atoms with Crippen LogP contribution in [0.1, 0.15) is 39.2 Å². The van der Waals surface area contributed by atoms with Gasteiger partial charge in [0.1, 0.15) is 22.5 Å². The third-order valence-corrected chi connectivity index (χ3v) is 6.70. The molecule has 0 saturated heterocycles. The first-order chi connectivity index (χ1) is 17.0. The fraction of sp³-hybridized carbons (Fsp3) is 0.185. The first kappa shape index (κ1) is 24.0. The van der Waals surface area contributed by atoms with E-state index in [1.807, 2.05) is 36.4 Å². The van der Waals surface area contributed by atoms with Crippen LogP contribution in [-0.2, 0) is 6.42 Å². The highest BCUT2D eigenvalue weighted by Gasteiger charge is 2.17. The van der Waals surface area contributed by atoms with Gasteiger partial charge in [-0.15, -0.1) is 0 Å². The summed E-state index contributed by atoms with van der Waals surface area (Å²) in [5, 5.41) is 17.7. The fourth-order valence-corrected chi connectivity index (χ4v) is 4.61. The quantitative estimate of drug-likeness (QED) is 0.347. The van der Waals surface area contributed by atoms with Crippen molar-refractivity contribution in [3.63, 3.8) is 0 Å². The number of carbonyl (C=O) groups is 1. The van der Waals surface area contributed by atoms with Crippen LogP contribution in [-0.4, -0.2) is 27.2 Å². The zero-order valence-corrected chi connectivity index (χ0v) is 20.5. The second-order valence-electron chi connectivity index (χ2n) is 8.13. The molecule has 0 aliphatic heterocycles. The number of nitrogens with one attached hydrogen (secondary N) is 1. The minimum absolute atomic E-state index is 0.181. The lowest BCUT2D eigenvalue weighted by molar-refractivity contribution is 0.0949. The molecule has 2 heterocycles. The molecule has 176 valence electrons. The number of para-hydroxylation sites is 1. The monoisotopic (exact) mass is 482 g/mol. The van der Waals surface area contributed by atoms with Gasteiger partial charge in [-0.2, -0.15) is 10.4 Å². The van der Waals surface area contributed by atoms with E-state index in [-0.39, 0.29) is 5.91 Å². The summed E-state index contributed by atoms with van der Waals surface area (Å²) in [6.07, 6.45) is 2.83. The summed E-state index contributed by atoms with van der Waals surface area (Å²) >= 11 is 1.47. The van der Waals surface area contributed by atoms with Crippen LogP contribution in [0, 0.1) is 25.2 Å². The zero-order valence-electron chi connectivity index (χ0n) is 19.7. The molecule has 4 aromatic rings. The summed E-state index contributed by atoms with van der Waals surface area (Å²) in [5.41, 5.74) is 10.9. The maximum absolute atomic E-state index is 12.9. The maximum atomic E-state index is 12.9. The molecule has 4 rings (SSSR count). The number of anilines is 1. The first-order valence-corrected chi connectivity index (χ1v) is 12.1. The summed E-state index contributed by atoms with van der Waals surface area (Å²) in [7, 11) is 0. The van der Waals surface area contributed by atoms with Crippen LogP contribution in [0.3, 0.4) is 0 Å². The Balaban J connectivity index is 1.39. The zero-order chi connectivity index (χ0) is 24.8. The van der Waals surface area contributed by atoms with Crippen molar-refractivity contribution in [2.75, 3.05) is 12.3 Å². The molecule has 0 aliphatic carbocycles. The third kappa shape index (κ3) is 5.53. The van der Waals surface area contributed by atoms with Crippen LogP contribution >= 0.6 is 11.8 Å². The van der Waals surface area contributed by atoms with Crippen molar-refractivity contribution in [3.05, 3.63) is 94.8 Å². The van der Waals surface area contributed by atoms with E-state index in [9.17, 15) is 10.1 Å². The second-order valence-corrected chi connectivity index (χ2v) is 9.19. The van der Waals surface area contributed by atoms with E-state index in [1.165, 1.54) is 22.9 Å². The van der Waals surface area contributed by atoms with E-state index in [4.69, 9.17) is 5.73 Å². The Labute approximate surface area is 209 Å². The summed E-state index contributed by atoms with van der Waals surface area (Å²) in [5.74, 6) is 0.139. The van der Waals surface area contributed by atoms with Crippen molar-refractivity contribution < 1.29 is 4.79 Å². The van der Waals surface area contributed by atoms with Crippen LogP contribution in [0.15, 0.2) is 76.8 Å². The minimum Gasteiger partial charge on any atom is -0.382 e. The molecule has 0 spiro atoms. The van der Waals surface area contributed by atoms with E-state index in [1.54, 1.807) is 23.0 Å². The van der Waals surface area contributed by atoms with Crippen LogP contribution in [0.2, 0.25) is 0 Å². The number of carbonyl (C=O) groups excluding carboxylic acids is 1. The number of pyridine rings is 1. The number of nitrogen functional groups attached to an aromatic ring is 1. The number of aromatic nitrogens is 3.